The minimum Gasteiger partial charge on any atom is -0.386 e. The third-order valence-corrected chi connectivity index (χ3v) is 2.69. The molecule has 1 aliphatic heterocycles. The molecule has 3 N–H and O–H groups in total. The second-order valence-corrected chi connectivity index (χ2v) is 3.51. The van der Waals surface area contributed by atoms with Gasteiger partial charge < -0.3 is 20.3 Å². The Bertz CT molecular complexity index is 168. The average molecular weight is 173 g/mol. The molecular formula is C8H15NO3. The largest absolute Gasteiger partial charge is 0.386 e. The number of hydrogen-bond donors (Lipinski definition) is 2. The predicted molar refractivity (Wildman–Crippen MR) is 42.5 cm³/mol. The van der Waals surface area contributed by atoms with E-state index >= 15 is 0 Å². The van der Waals surface area contributed by atoms with Gasteiger partial charge in [-0.2, -0.15) is 0 Å². The van der Waals surface area contributed by atoms with E-state index in [1.165, 1.54) is 0 Å². The van der Waals surface area contributed by atoms with Gasteiger partial charge in [-0.05, 0) is 12.8 Å². The second kappa shape index (κ2) is 2.96. The van der Waals surface area contributed by atoms with Gasteiger partial charge in [0.05, 0.1) is 13.2 Å². The van der Waals surface area contributed by atoms with Gasteiger partial charge in [-0.15, -0.1) is 0 Å². The summed E-state index contributed by atoms with van der Waals surface area (Å²) in [5.74, 6) is -0.766. The Balaban J connectivity index is 2.11. The van der Waals surface area contributed by atoms with Crippen LogP contribution < -0.4 is 5.73 Å². The summed E-state index contributed by atoms with van der Waals surface area (Å²) in [5.41, 5.74) is 5.72. The third-order valence-electron chi connectivity index (χ3n) is 2.69. The molecule has 0 radical (unpaired) electrons. The van der Waals surface area contributed by atoms with Gasteiger partial charge in [-0.3, -0.25) is 0 Å². The van der Waals surface area contributed by atoms with Gasteiger partial charge in [0, 0.05) is 12.5 Å². The zero-order valence-corrected chi connectivity index (χ0v) is 7.03. The quantitative estimate of drug-likeness (QED) is 0.523. The van der Waals surface area contributed by atoms with E-state index in [9.17, 15) is 5.11 Å². The molecule has 0 aromatic carbocycles. The van der Waals surface area contributed by atoms with E-state index in [1.807, 2.05) is 0 Å². The first kappa shape index (κ1) is 8.44. The highest BCUT2D eigenvalue weighted by molar-refractivity contribution is 4.93. The Morgan fingerprint density at radius 3 is 2.67 bits per heavy atom. The first-order valence-corrected chi connectivity index (χ1v) is 4.46. The lowest BCUT2D eigenvalue weighted by molar-refractivity contribution is -0.239. The lowest BCUT2D eigenvalue weighted by Gasteiger charge is -2.39. The lowest BCUT2D eigenvalue weighted by atomic mass is 9.87. The van der Waals surface area contributed by atoms with Crippen molar-refractivity contribution < 1.29 is 14.6 Å². The normalized spacial score (nSPS) is 40.5. The van der Waals surface area contributed by atoms with Crippen molar-refractivity contribution in [1.29, 1.82) is 0 Å². The summed E-state index contributed by atoms with van der Waals surface area (Å²) in [6.07, 6.45) is 1.93. The molecule has 2 atom stereocenters. The van der Waals surface area contributed by atoms with Crippen molar-refractivity contribution in [2.75, 3.05) is 13.2 Å². The Morgan fingerprint density at radius 1 is 1.33 bits per heavy atom. The molecule has 4 nitrogen and oxygen atoms in total. The van der Waals surface area contributed by atoms with E-state index in [-0.39, 0.29) is 6.04 Å². The van der Waals surface area contributed by atoms with Crippen molar-refractivity contribution in [3.8, 4) is 0 Å². The molecule has 1 saturated heterocycles. The molecule has 1 spiro atoms. The van der Waals surface area contributed by atoms with E-state index in [2.05, 4.69) is 0 Å². The highest BCUT2D eigenvalue weighted by atomic mass is 16.7. The summed E-state index contributed by atoms with van der Waals surface area (Å²) in [4.78, 5) is 0. The maximum absolute atomic E-state index is 9.75. The number of ether oxygens (including phenoxy) is 2. The van der Waals surface area contributed by atoms with Crippen molar-refractivity contribution in [2.45, 2.75) is 37.2 Å². The van der Waals surface area contributed by atoms with Gasteiger partial charge in [0.2, 0.25) is 0 Å². The molecule has 1 heterocycles. The van der Waals surface area contributed by atoms with Crippen LogP contribution in [-0.4, -0.2) is 36.3 Å². The monoisotopic (exact) mass is 173 g/mol. The highest BCUT2D eigenvalue weighted by Crippen LogP contribution is 2.35. The Morgan fingerprint density at radius 2 is 2.00 bits per heavy atom. The molecule has 0 amide bonds. The van der Waals surface area contributed by atoms with Crippen LogP contribution in [-0.2, 0) is 9.47 Å². The van der Waals surface area contributed by atoms with Crippen LogP contribution in [0.2, 0.25) is 0 Å². The van der Waals surface area contributed by atoms with E-state index < -0.39 is 11.9 Å². The number of rotatable bonds is 0. The van der Waals surface area contributed by atoms with Crippen LogP contribution in [0.5, 0.6) is 0 Å². The van der Waals surface area contributed by atoms with E-state index in [4.69, 9.17) is 15.2 Å². The topological polar surface area (TPSA) is 64.7 Å². The Labute approximate surface area is 71.6 Å². The molecule has 0 aromatic rings. The molecule has 1 aliphatic carbocycles. The summed E-state index contributed by atoms with van der Waals surface area (Å²) >= 11 is 0. The number of hydrogen-bond acceptors (Lipinski definition) is 4. The average Bonchev–Trinajstić information content (AvgIpc) is 2.50. The van der Waals surface area contributed by atoms with Crippen LogP contribution in [0.25, 0.3) is 0 Å². The van der Waals surface area contributed by atoms with Gasteiger partial charge >= 0.3 is 0 Å². The van der Waals surface area contributed by atoms with Gasteiger partial charge in [-0.1, -0.05) is 0 Å². The van der Waals surface area contributed by atoms with Gasteiger partial charge in [0.25, 0.3) is 0 Å². The lowest BCUT2D eigenvalue weighted by Crippen LogP contribution is -2.56. The van der Waals surface area contributed by atoms with Crippen molar-refractivity contribution in [2.24, 2.45) is 5.73 Å². The van der Waals surface area contributed by atoms with Gasteiger partial charge in [-0.25, -0.2) is 0 Å². The van der Waals surface area contributed by atoms with E-state index in [0.29, 0.717) is 13.2 Å². The maximum atomic E-state index is 9.75. The van der Waals surface area contributed by atoms with Crippen LogP contribution in [0.4, 0.5) is 0 Å². The molecule has 2 fully saturated rings. The fraction of sp³-hybridized carbons (Fsp3) is 1.00. The molecule has 70 valence electrons. The first-order chi connectivity index (χ1) is 5.75. The molecule has 12 heavy (non-hydrogen) atoms. The fourth-order valence-electron chi connectivity index (χ4n) is 2.00. The summed E-state index contributed by atoms with van der Waals surface area (Å²) in [6, 6.07) is -0.197. The third kappa shape index (κ3) is 1.15. The standard InChI is InChI=1S/C8H15NO3/c9-6-2-1-3-8(7(6)10)11-4-5-12-8/h6-7,10H,1-5,9H2. The second-order valence-electron chi connectivity index (χ2n) is 3.51. The van der Waals surface area contributed by atoms with Crippen LogP contribution >= 0.6 is 0 Å². The fourth-order valence-corrected chi connectivity index (χ4v) is 2.00. The van der Waals surface area contributed by atoms with Crippen molar-refractivity contribution in [3.63, 3.8) is 0 Å². The maximum Gasteiger partial charge on any atom is 0.196 e. The smallest absolute Gasteiger partial charge is 0.196 e. The summed E-state index contributed by atoms with van der Waals surface area (Å²) in [6.45, 7) is 1.15. The zero-order valence-electron chi connectivity index (χ0n) is 7.03. The molecule has 1 saturated carbocycles. The van der Waals surface area contributed by atoms with Gasteiger partial charge in [0.1, 0.15) is 6.10 Å². The minimum absolute atomic E-state index is 0.197. The Hall–Kier alpha value is -0.160. The number of aliphatic hydroxyl groups is 1. The van der Waals surface area contributed by atoms with Crippen molar-refractivity contribution in [3.05, 3.63) is 0 Å². The van der Waals surface area contributed by atoms with E-state index in [0.717, 1.165) is 19.3 Å². The molecule has 2 rings (SSSR count). The van der Waals surface area contributed by atoms with Gasteiger partial charge in [0.15, 0.2) is 5.79 Å². The minimum atomic E-state index is -0.766. The summed E-state index contributed by atoms with van der Waals surface area (Å²) in [5, 5.41) is 9.75. The molecule has 0 aromatic heterocycles. The Kier molecular flexibility index (Phi) is 2.08. The molecule has 0 bridgehead atoms. The van der Waals surface area contributed by atoms with Crippen molar-refractivity contribution in [1.82, 2.24) is 0 Å². The number of nitrogens with two attached hydrogens (primary N) is 1. The first-order valence-electron chi connectivity index (χ1n) is 4.46. The molecular weight excluding hydrogens is 158 g/mol. The zero-order chi connectivity index (χ0) is 8.60. The van der Waals surface area contributed by atoms with Crippen molar-refractivity contribution >= 4 is 0 Å². The van der Waals surface area contributed by atoms with E-state index in [1.54, 1.807) is 0 Å². The predicted octanol–water partition coefficient (Wildman–Crippen LogP) is -0.398. The van der Waals surface area contributed by atoms with Crippen LogP contribution in [0.1, 0.15) is 19.3 Å². The molecule has 2 unspecified atom stereocenters. The SMILES string of the molecule is NC1CCCC2(OCCO2)C1O. The molecule has 4 heteroatoms. The molecule has 2 aliphatic rings. The van der Waals surface area contributed by atoms with Crippen LogP contribution in [0.15, 0.2) is 0 Å². The number of aliphatic hydroxyl groups excluding tert-OH is 1. The summed E-state index contributed by atoms with van der Waals surface area (Å²) in [7, 11) is 0. The summed E-state index contributed by atoms with van der Waals surface area (Å²) < 4.78 is 10.8. The highest BCUT2D eigenvalue weighted by Gasteiger charge is 2.48. The van der Waals surface area contributed by atoms with Crippen LogP contribution in [0.3, 0.4) is 0 Å². The van der Waals surface area contributed by atoms with Crippen LogP contribution in [0, 0.1) is 0 Å².